The standard InChI is InChI=1S/C9H23IN3/c1-7-11(5)13(10,9(3)4)12(6)8-2/h9H,7-8H2,1-6H3/q+1. The fourth-order valence-electron chi connectivity index (χ4n) is 1.45. The number of hydrogen-bond acceptors (Lipinski definition) is 2. The molecule has 4 heteroatoms. The first kappa shape index (κ1) is 13.6. The first-order valence-corrected chi connectivity index (χ1v) is 5.89. The van der Waals surface area contributed by atoms with Crippen LogP contribution in [0, 0.1) is 0 Å². The Hall–Kier alpha value is 0.610. The van der Waals surface area contributed by atoms with Gasteiger partial charge in [-0.15, -0.1) is 12.9 Å². The lowest BCUT2D eigenvalue weighted by Gasteiger charge is -2.44. The molecule has 0 aromatic carbocycles. The average Bonchev–Trinajstić information content (AvgIpc) is 2.13. The topological polar surface area (TPSA) is 6.48 Å². The van der Waals surface area contributed by atoms with Crippen LogP contribution in [0.2, 0.25) is 0 Å². The molecule has 0 unspecified atom stereocenters. The first-order chi connectivity index (χ1) is 5.91. The third-order valence-corrected chi connectivity index (χ3v) is 5.12. The normalized spacial score (nSPS) is 13.4. The van der Waals surface area contributed by atoms with Gasteiger partial charge in [0, 0.05) is 27.2 Å². The monoisotopic (exact) mass is 300 g/mol. The highest BCUT2D eigenvalue weighted by atomic mass is 127. The highest BCUT2D eigenvalue weighted by Gasteiger charge is 2.38. The van der Waals surface area contributed by atoms with Crippen molar-refractivity contribution in [1.29, 1.82) is 0 Å². The van der Waals surface area contributed by atoms with Gasteiger partial charge in [-0.1, -0.05) is 0 Å². The summed E-state index contributed by atoms with van der Waals surface area (Å²) in [6, 6.07) is 0.565. The van der Waals surface area contributed by atoms with Crippen LogP contribution in [0.3, 0.4) is 0 Å². The Morgan fingerprint density at radius 1 is 1.08 bits per heavy atom. The van der Waals surface area contributed by atoms with E-state index < -0.39 is 0 Å². The first-order valence-electron chi connectivity index (χ1n) is 4.92. The van der Waals surface area contributed by atoms with Crippen LogP contribution >= 0.6 is 22.9 Å². The van der Waals surface area contributed by atoms with Crippen molar-refractivity contribution >= 4 is 22.9 Å². The van der Waals surface area contributed by atoms with Crippen LogP contribution in [0.15, 0.2) is 0 Å². The van der Waals surface area contributed by atoms with Crippen molar-refractivity contribution in [2.24, 2.45) is 0 Å². The molecule has 3 nitrogen and oxygen atoms in total. The molecule has 0 heterocycles. The van der Waals surface area contributed by atoms with Gasteiger partial charge in [-0.2, -0.15) is 0 Å². The van der Waals surface area contributed by atoms with Crippen molar-refractivity contribution in [1.82, 2.24) is 10.0 Å². The highest BCUT2D eigenvalue weighted by Crippen LogP contribution is 2.26. The lowest BCUT2D eigenvalue weighted by molar-refractivity contribution is -0.998. The minimum atomic E-state index is 0.565. The van der Waals surface area contributed by atoms with E-state index in [1.54, 1.807) is 0 Å². The van der Waals surface area contributed by atoms with Crippen LogP contribution in [0.5, 0.6) is 0 Å². The summed E-state index contributed by atoms with van der Waals surface area (Å²) in [4.78, 5) is 0. The highest BCUT2D eigenvalue weighted by molar-refractivity contribution is 14.1. The third-order valence-electron chi connectivity index (χ3n) is 2.53. The minimum Gasteiger partial charge on any atom is -0.131 e. The van der Waals surface area contributed by atoms with Gasteiger partial charge in [0.15, 0.2) is 0 Å². The summed E-state index contributed by atoms with van der Waals surface area (Å²) in [5.74, 6) is 0. The second-order valence-corrected chi connectivity index (χ2v) is 5.03. The van der Waals surface area contributed by atoms with Gasteiger partial charge in [0.25, 0.3) is 22.9 Å². The zero-order valence-corrected chi connectivity index (χ0v) is 11.9. The van der Waals surface area contributed by atoms with E-state index in [1.165, 1.54) is 0 Å². The van der Waals surface area contributed by atoms with E-state index in [1.807, 2.05) is 0 Å². The molecule has 0 aromatic rings. The van der Waals surface area contributed by atoms with Crippen LogP contribution in [-0.4, -0.2) is 46.2 Å². The Morgan fingerprint density at radius 3 is 1.54 bits per heavy atom. The predicted octanol–water partition coefficient (Wildman–Crippen LogP) is 2.29. The van der Waals surface area contributed by atoms with Crippen molar-refractivity contribution < 1.29 is 2.91 Å². The SMILES string of the molecule is CCN(C)[N+](I)(C(C)C)N(C)CC. The van der Waals surface area contributed by atoms with Crippen molar-refractivity contribution in [2.45, 2.75) is 33.7 Å². The maximum absolute atomic E-state index is 2.51. The number of halogens is 1. The molecule has 0 amide bonds. The zero-order valence-electron chi connectivity index (χ0n) is 9.71. The molecule has 0 N–H and O–H groups in total. The molecule has 0 aliphatic rings. The zero-order chi connectivity index (χ0) is 10.6. The summed E-state index contributed by atoms with van der Waals surface area (Å²) in [5.41, 5.74) is 0. The summed E-state index contributed by atoms with van der Waals surface area (Å²) < 4.78 is 0.852. The summed E-state index contributed by atoms with van der Waals surface area (Å²) >= 11 is 2.51. The van der Waals surface area contributed by atoms with E-state index in [4.69, 9.17) is 0 Å². The minimum absolute atomic E-state index is 0.565. The second kappa shape index (κ2) is 5.48. The molecular formula is C9H23IN3+. The van der Waals surface area contributed by atoms with E-state index in [0.717, 1.165) is 16.0 Å². The van der Waals surface area contributed by atoms with Gasteiger partial charge in [0.2, 0.25) is 0 Å². The fourth-order valence-corrected chi connectivity index (χ4v) is 2.06. The van der Waals surface area contributed by atoms with Crippen molar-refractivity contribution in [3.63, 3.8) is 0 Å². The molecule has 13 heavy (non-hydrogen) atoms. The van der Waals surface area contributed by atoms with Gasteiger partial charge in [0.1, 0.15) is 6.04 Å². The van der Waals surface area contributed by atoms with E-state index in [-0.39, 0.29) is 0 Å². The van der Waals surface area contributed by atoms with Crippen LogP contribution in [0.25, 0.3) is 0 Å². The Morgan fingerprint density at radius 2 is 1.38 bits per heavy atom. The maximum atomic E-state index is 2.51. The molecule has 0 rings (SSSR count). The van der Waals surface area contributed by atoms with E-state index >= 15 is 0 Å². The summed E-state index contributed by atoms with van der Waals surface area (Å²) in [7, 11) is 4.33. The maximum Gasteiger partial charge on any atom is 0.297 e. The van der Waals surface area contributed by atoms with Crippen molar-refractivity contribution in [2.75, 3.05) is 27.2 Å². The number of hydrogen-bond donors (Lipinski definition) is 0. The summed E-state index contributed by atoms with van der Waals surface area (Å²) in [6.45, 7) is 11.0. The number of rotatable bonds is 5. The molecule has 0 saturated heterocycles. The lowest BCUT2D eigenvalue weighted by atomic mass is 10.4. The quantitative estimate of drug-likeness (QED) is 0.437. The Balaban J connectivity index is 4.71. The lowest BCUT2D eigenvalue weighted by Crippen LogP contribution is -2.63. The van der Waals surface area contributed by atoms with Crippen LogP contribution in [-0.2, 0) is 0 Å². The molecule has 0 aliphatic carbocycles. The number of nitrogens with zero attached hydrogens (tertiary/aromatic N) is 3. The Bertz CT molecular complexity index is 140. The molecule has 80 valence electrons. The molecule has 0 saturated carbocycles. The Kier molecular flexibility index (Phi) is 5.74. The smallest absolute Gasteiger partial charge is 0.131 e. The molecule has 0 aromatic heterocycles. The average molecular weight is 300 g/mol. The molecule has 0 fully saturated rings. The van der Waals surface area contributed by atoms with Gasteiger partial charge < -0.3 is 0 Å². The third kappa shape index (κ3) is 2.78. The van der Waals surface area contributed by atoms with E-state index in [9.17, 15) is 0 Å². The van der Waals surface area contributed by atoms with Gasteiger partial charge in [-0.3, -0.25) is 0 Å². The van der Waals surface area contributed by atoms with Crippen LogP contribution in [0.1, 0.15) is 27.7 Å². The largest absolute Gasteiger partial charge is 0.297 e. The summed E-state index contributed by atoms with van der Waals surface area (Å²) in [5, 5.41) is 4.68. The van der Waals surface area contributed by atoms with Crippen LogP contribution in [0.4, 0.5) is 0 Å². The van der Waals surface area contributed by atoms with Crippen molar-refractivity contribution in [3.8, 4) is 0 Å². The fraction of sp³-hybridized carbons (Fsp3) is 1.00. The summed E-state index contributed by atoms with van der Waals surface area (Å²) in [6.07, 6.45) is 0. The Labute approximate surface area is 96.7 Å². The van der Waals surface area contributed by atoms with Gasteiger partial charge in [-0.05, 0) is 27.7 Å². The van der Waals surface area contributed by atoms with E-state index in [2.05, 4.69) is 74.7 Å². The molecule has 0 bridgehead atoms. The predicted molar refractivity (Wildman–Crippen MR) is 66.0 cm³/mol. The van der Waals surface area contributed by atoms with Gasteiger partial charge in [-0.25, -0.2) is 0 Å². The van der Waals surface area contributed by atoms with Crippen LogP contribution < -0.4 is 0 Å². The molecule has 0 atom stereocenters. The molecule has 0 aliphatic heterocycles. The number of quaternary nitrogens is 1. The molecular weight excluding hydrogens is 277 g/mol. The van der Waals surface area contributed by atoms with Gasteiger partial charge >= 0.3 is 0 Å². The van der Waals surface area contributed by atoms with E-state index in [0.29, 0.717) is 6.04 Å². The van der Waals surface area contributed by atoms with Crippen molar-refractivity contribution in [3.05, 3.63) is 0 Å². The second-order valence-electron chi connectivity index (χ2n) is 3.61. The molecule has 0 spiro atoms. The van der Waals surface area contributed by atoms with Gasteiger partial charge in [0.05, 0.1) is 0 Å². The molecule has 0 radical (unpaired) electrons.